The van der Waals surface area contributed by atoms with Crippen LogP contribution < -0.4 is 10.2 Å². The summed E-state index contributed by atoms with van der Waals surface area (Å²) in [5, 5.41) is 3.02. The van der Waals surface area contributed by atoms with Crippen molar-refractivity contribution >= 4 is 23.4 Å². The maximum atomic E-state index is 13.1. The monoisotopic (exact) mass is 486 g/mol. The summed E-state index contributed by atoms with van der Waals surface area (Å²) >= 11 is 0. The molecule has 7 heteroatoms. The summed E-state index contributed by atoms with van der Waals surface area (Å²) in [5.74, 6) is -0.246. The minimum Gasteiger partial charge on any atom is -0.466 e. The molecule has 0 unspecified atom stereocenters. The van der Waals surface area contributed by atoms with Gasteiger partial charge in [0.2, 0.25) is 0 Å². The first-order chi connectivity index (χ1) is 17.4. The number of esters is 1. The molecular formula is C29H34N4O3. The Balaban J connectivity index is 1.29. The highest BCUT2D eigenvalue weighted by atomic mass is 16.5. The normalized spacial score (nSPS) is 15.9. The van der Waals surface area contributed by atoms with Crippen LogP contribution in [0.2, 0.25) is 0 Å². The third-order valence-corrected chi connectivity index (χ3v) is 7.48. The number of carbonyl (C=O) groups is 2. The Morgan fingerprint density at radius 1 is 1.00 bits per heavy atom. The molecule has 2 aromatic carbocycles. The predicted octanol–water partition coefficient (Wildman–Crippen LogP) is 5.25. The molecule has 1 fully saturated rings. The van der Waals surface area contributed by atoms with Gasteiger partial charge < -0.3 is 24.4 Å². The van der Waals surface area contributed by atoms with E-state index < -0.39 is 0 Å². The number of urea groups is 1. The van der Waals surface area contributed by atoms with Gasteiger partial charge in [-0.2, -0.15) is 0 Å². The molecule has 0 saturated carbocycles. The molecule has 1 spiro atoms. The van der Waals surface area contributed by atoms with Crippen LogP contribution in [0.1, 0.15) is 43.5 Å². The molecule has 7 nitrogen and oxygen atoms in total. The summed E-state index contributed by atoms with van der Waals surface area (Å²) in [5.41, 5.74) is 6.49. The molecule has 0 atom stereocenters. The highest BCUT2D eigenvalue weighted by molar-refractivity contribution is 5.89. The van der Waals surface area contributed by atoms with Gasteiger partial charge in [-0.1, -0.05) is 18.2 Å². The van der Waals surface area contributed by atoms with Gasteiger partial charge in [-0.3, -0.25) is 4.79 Å². The summed E-state index contributed by atoms with van der Waals surface area (Å²) < 4.78 is 7.33. The van der Waals surface area contributed by atoms with Crippen molar-refractivity contribution in [2.75, 3.05) is 36.5 Å². The molecule has 5 rings (SSSR count). The molecule has 0 radical (unpaired) electrons. The van der Waals surface area contributed by atoms with E-state index >= 15 is 0 Å². The lowest BCUT2D eigenvalue weighted by atomic mass is 9.80. The Hall–Kier alpha value is -3.74. The molecule has 1 N–H and O–H groups in total. The highest BCUT2D eigenvalue weighted by Crippen LogP contribution is 2.48. The largest absolute Gasteiger partial charge is 0.466 e. The summed E-state index contributed by atoms with van der Waals surface area (Å²) in [6, 6.07) is 18.3. The van der Waals surface area contributed by atoms with E-state index in [2.05, 4.69) is 65.2 Å². The standard InChI is InChI=1S/C29H34N4O3/c1-4-33-25-19-21(3)8-13-24(25)32-16-6-7-26(32)29(33)14-17-31(18-15-29)28(35)30-23-11-9-22(10-12-23)20-27(34)36-5-2/h6-13,16,19H,4-5,14-15,17-18,20H2,1-3H3,(H,30,35). The topological polar surface area (TPSA) is 66.8 Å². The van der Waals surface area contributed by atoms with Crippen LogP contribution in [-0.2, 0) is 21.5 Å². The Bertz CT molecular complexity index is 1260. The number of ether oxygens (including phenoxy) is 1. The number of hydrogen-bond acceptors (Lipinski definition) is 4. The van der Waals surface area contributed by atoms with Gasteiger partial charge in [0.05, 0.1) is 29.9 Å². The molecule has 1 saturated heterocycles. The number of piperidine rings is 1. The van der Waals surface area contributed by atoms with E-state index in [-0.39, 0.29) is 24.0 Å². The zero-order valence-electron chi connectivity index (χ0n) is 21.3. The molecule has 3 aromatic rings. The summed E-state index contributed by atoms with van der Waals surface area (Å²) in [6.45, 7) is 8.79. The van der Waals surface area contributed by atoms with E-state index in [1.54, 1.807) is 6.92 Å². The predicted molar refractivity (Wildman–Crippen MR) is 142 cm³/mol. The second-order valence-electron chi connectivity index (χ2n) is 9.63. The number of amides is 2. The van der Waals surface area contributed by atoms with Gasteiger partial charge in [-0.15, -0.1) is 0 Å². The van der Waals surface area contributed by atoms with Crippen molar-refractivity contribution in [2.24, 2.45) is 0 Å². The van der Waals surface area contributed by atoms with Crippen molar-refractivity contribution in [3.63, 3.8) is 0 Å². The smallest absolute Gasteiger partial charge is 0.321 e. The van der Waals surface area contributed by atoms with E-state index in [0.717, 1.165) is 30.6 Å². The lowest BCUT2D eigenvalue weighted by Gasteiger charge is -2.53. The number of aromatic nitrogens is 1. The molecule has 0 bridgehead atoms. The van der Waals surface area contributed by atoms with E-state index in [1.807, 2.05) is 29.2 Å². The number of nitrogens with one attached hydrogen (secondary N) is 1. The van der Waals surface area contributed by atoms with E-state index in [0.29, 0.717) is 19.7 Å². The summed E-state index contributed by atoms with van der Waals surface area (Å²) in [7, 11) is 0. The number of hydrogen-bond donors (Lipinski definition) is 1. The zero-order valence-corrected chi connectivity index (χ0v) is 21.3. The average molecular weight is 487 g/mol. The molecule has 2 amide bonds. The third-order valence-electron chi connectivity index (χ3n) is 7.48. The van der Waals surface area contributed by atoms with Crippen molar-refractivity contribution in [3.05, 3.63) is 77.6 Å². The van der Waals surface area contributed by atoms with Crippen molar-refractivity contribution in [1.82, 2.24) is 9.47 Å². The lowest BCUT2D eigenvalue weighted by molar-refractivity contribution is -0.142. The van der Waals surface area contributed by atoms with Gasteiger partial charge in [-0.05, 0) is 81.1 Å². The second-order valence-corrected chi connectivity index (χ2v) is 9.63. The molecule has 2 aliphatic rings. The number of aryl methyl sites for hydroxylation is 1. The zero-order chi connectivity index (χ0) is 25.3. The number of anilines is 2. The highest BCUT2D eigenvalue weighted by Gasteiger charge is 2.46. The lowest BCUT2D eigenvalue weighted by Crippen LogP contribution is -2.57. The van der Waals surface area contributed by atoms with Crippen LogP contribution in [0, 0.1) is 6.92 Å². The Morgan fingerprint density at radius 3 is 2.44 bits per heavy atom. The Morgan fingerprint density at radius 2 is 1.75 bits per heavy atom. The molecular weight excluding hydrogens is 452 g/mol. The van der Waals surface area contributed by atoms with Crippen molar-refractivity contribution in [2.45, 2.75) is 45.6 Å². The number of fused-ring (bicyclic) bond motifs is 4. The fourth-order valence-corrected chi connectivity index (χ4v) is 5.76. The number of benzene rings is 2. The van der Waals surface area contributed by atoms with Crippen molar-refractivity contribution in [1.29, 1.82) is 0 Å². The van der Waals surface area contributed by atoms with Crippen molar-refractivity contribution in [3.8, 4) is 5.69 Å². The van der Waals surface area contributed by atoms with Crippen LogP contribution in [0.3, 0.4) is 0 Å². The fraction of sp³-hybridized carbons (Fsp3) is 0.379. The summed E-state index contributed by atoms with van der Waals surface area (Å²) in [4.78, 5) is 29.2. The van der Waals surface area contributed by atoms with Crippen LogP contribution in [0.4, 0.5) is 16.2 Å². The van der Waals surface area contributed by atoms with Gasteiger partial charge in [0, 0.05) is 37.2 Å². The van der Waals surface area contributed by atoms with E-state index in [1.165, 1.54) is 22.6 Å². The van der Waals surface area contributed by atoms with Gasteiger partial charge in [0.15, 0.2) is 0 Å². The number of rotatable bonds is 5. The maximum absolute atomic E-state index is 13.1. The molecule has 2 aliphatic heterocycles. The summed E-state index contributed by atoms with van der Waals surface area (Å²) in [6.07, 6.45) is 4.12. The number of carbonyl (C=O) groups excluding carboxylic acids is 2. The SMILES string of the molecule is CCOC(=O)Cc1ccc(NC(=O)N2CCC3(CC2)c2cccn2-c2ccc(C)cc2N3CC)cc1. The first-order valence-corrected chi connectivity index (χ1v) is 12.8. The molecule has 0 aliphatic carbocycles. The van der Waals surface area contributed by atoms with Gasteiger partial charge in [-0.25, -0.2) is 4.79 Å². The van der Waals surface area contributed by atoms with E-state index in [9.17, 15) is 9.59 Å². The van der Waals surface area contributed by atoms with Crippen molar-refractivity contribution < 1.29 is 14.3 Å². The molecule has 36 heavy (non-hydrogen) atoms. The van der Waals surface area contributed by atoms with Crippen LogP contribution in [0.25, 0.3) is 5.69 Å². The fourth-order valence-electron chi connectivity index (χ4n) is 5.76. The van der Waals surface area contributed by atoms with E-state index in [4.69, 9.17) is 4.74 Å². The van der Waals surface area contributed by atoms with Crippen LogP contribution in [0.5, 0.6) is 0 Å². The van der Waals surface area contributed by atoms with Gasteiger partial charge in [0.1, 0.15) is 0 Å². The molecule has 188 valence electrons. The quantitative estimate of drug-likeness (QED) is 0.500. The average Bonchev–Trinajstić information content (AvgIpc) is 3.37. The van der Waals surface area contributed by atoms with Gasteiger partial charge in [0.25, 0.3) is 0 Å². The third kappa shape index (κ3) is 4.23. The maximum Gasteiger partial charge on any atom is 0.321 e. The first kappa shape index (κ1) is 24.0. The van der Waals surface area contributed by atoms with Crippen LogP contribution in [0.15, 0.2) is 60.8 Å². The first-order valence-electron chi connectivity index (χ1n) is 12.8. The second kappa shape index (κ2) is 9.72. The Kier molecular flexibility index (Phi) is 6.48. The molecule has 1 aromatic heterocycles. The minimum atomic E-state index is -0.246. The van der Waals surface area contributed by atoms with Crippen LogP contribution >= 0.6 is 0 Å². The minimum absolute atomic E-state index is 0.0894. The Labute approximate surface area is 212 Å². The molecule has 3 heterocycles. The van der Waals surface area contributed by atoms with Crippen LogP contribution in [-0.4, -0.2) is 47.7 Å². The number of nitrogens with zero attached hydrogens (tertiary/aromatic N) is 3. The van der Waals surface area contributed by atoms with Gasteiger partial charge >= 0.3 is 12.0 Å². The number of likely N-dealkylation sites (tertiary alicyclic amines) is 1.